The summed E-state index contributed by atoms with van der Waals surface area (Å²) in [7, 11) is -4.22. The number of benzene rings is 2. The third kappa shape index (κ3) is 4.09. The zero-order valence-corrected chi connectivity index (χ0v) is 15.0. The van der Waals surface area contributed by atoms with Gasteiger partial charge in [-0.3, -0.25) is 14.8 Å². The van der Waals surface area contributed by atoms with E-state index >= 15 is 0 Å². The summed E-state index contributed by atoms with van der Waals surface area (Å²) in [5.41, 5.74) is -0.600. The number of carbonyl (C=O) groups is 2. The Labute approximate surface area is 159 Å². The van der Waals surface area contributed by atoms with Gasteiger partial charge < -0.3 is 9.47 Å². The number of sulfonamides is 1. The van der Waals surface area contributed by atoms with E-state index in [0.717, 1.165) is 12.1 Å². The zero-order chi connectivity index (χ0) is 20.3. The maximum absolute atomic E-state index is 12.6. The molecule has 1 heterocycles. The van der Waals surface area contributed by atoms with Crippen molar-refractivity contribution < 1.29 is 32.4 Å². The van der Waals surface area contributed by atoms with Crippen LogP contribution >= 0.6 is 0 Å². The number of cyclic esters (lactones) is 1. The summed E-state index contributed by atoms with van der Waals surface area (Å²) in [6.07, 6.45) is -0.833. The maximum Gasteiger partial charge on any atom is 0.347 e. The van der Waals surface area contributed by atoms with Crippen LogP contribution in [0.5, 0.6) is 0 Å². The molecule has 28 heavy (non-hydrogen) atoms. The van der Waals surface area contributed by atoms with Gasteiger partial charge in [-0.15, -0.1) is 0 Å². The Hall–Kier alpha value is -3.47. The third-order valence-electron chi connectivity index (χ3n) is 3.87. The van der Waals surface area contributed by atoms with Gasteiger partial charge in [0.1, 0.15) is 0 Å². The van der Waals surface area contributed by atoms with Gasteiger partial charge in [-0.1, -0.05) is 18.2 Å². The fourth-order valence-electron chi connectivity index (χ4n) is 2.50. The molecule has 146 valence electrons. The van der Waals surface area contributed by atoms with E-state index in [9.17, 15) is 28.1 Å². The number of carbonyl (C=O) groups excluding carboxylic acids is 2. The van der Waals surface area contributed by atoms with E-state index in [2.05, 4.69) is 4.72 Å². The molecular weight excluding hydrogens is 392 g/mol. The van der Waals surface area contributed by atoms with Gasteiger partial charge in [-0.25, -0.2) is 18.0 Å². The van der Waals surface area contributed by atoms with Crippen LogP contribution in [0.2, 0.25) is 0 Å². The van der Waals surface area contributed by atoms with E-state index < -0.39 is 38.7 Å². The number of rotatable bonds is 6. The average Bonchev–Trinajstić information content (AvgIpc) is 3.06. The van der Waals surface area contributed by atoms with Crippen molar-refractivity contribution in [2.75, 3.05) is 11.3 Å². The first kappa shape index (κ1) is 19.3. The lowest BCUT2D eigenvalue weighted by atomic mass is 10.2. The summed E-state index contributed by atoms with van der Waals surface area (Å²) >= 11 is 0. The molecule has 0 aromatic heterocycles. The van der Waals surface area contributed by atoms with Gasteiger partial charge in [0.15, 0.2) is 0 Å². The minimum atomic E-state index is -4.22. The number of nitrogens with one attached hydrogen (secondary N) is 1. The van der Waals surface area contributed by atoms with Crippen LogP contribution in [0.15, 0.2) is 53.4 Å². The van der Waals surface area contributed by atoms with E-state index in [0.29, 0.717) is 0 Å². The number of non-ortho nitro benzene ring substituents is 1. The number of esters is 2. The highest BCUT2D eigenvalue weighted by Crippen LogP contribution is 2.24. The molecule has 1 saturated heterocycles. The van der Waals surface area contributed by atoms with Gasteiger partial charge in [0.25, 0.3) is 15.7 Å². The van der Waals surface area contributed by atoms with E-state index in [1.54, 1.807) is 0 Å². The molecule has 0 saturated carbocycles. The van der Waals surface area contributed by atoms with E-state index in [-0.39, 0.29) is 29.2 Å². The van der Waals surface area contributed by atoms with Gasteiger partial charge in [0.2, 0.25) is 6.10 Å². The Balaban J connectivity index is 1.86. The molecule has 2 aromatic carbocycles. The topological polar surface area (TPSA) is 142 Å². The normalized spacial score (nSPS) is 16.3. The van der Waals surface area contributed by atoms with Crippen molar-refractivity contribution in [2.24, 2.45) is 0 Å². The minimum Gasteiger partial charge on any atom is -0.463 e. The summed E-state index contributed by atoms with van der Waals surface area (Å²) in [6, 6.07) is 10.1. The fraction of sp³-hybridized carbons (Fsp3) is 0.176. The lowest BCUT2D eigenvalue weighted by molar-refractivity contribution is -0.385. The third-order valence-corrected chi connectivity index (χ3v) is 5.23. The van der Waals surface area contributed by atoms with Crippen LogP contribution in [0.25, 0.3) is 0 Å². The quantitative estimate of drug-likeness (QED) is 0.435. The van der Waals surface area contributed by atoms with Crippen LogP contribution in [0.3, 0.4) is 0 Å². The Morgan fingerprint density at radius 2 is 1.96 bits per heavy atom. The van der Waals surface area contributed by atoms with Gasteiger partial charge in [0, 0.05) is 18.6 Å². The van der Waals surface area contributed by atoms with Crippen LogP contribution in [0.4, 0.5) is 11.4 Å². The number of nitro groups is 1. The minimum absolute atomic E-state index is 0.0922. The number of hydrogen-bond donors (Lipinski definition) is 1. The molecule has 1 aliphatic heterocycles. The van der Waals surface area contributed by atoms with Crippen LogP contribution in [-0.4, -0.2) is 38.0 Å². The van der Waals surface area contributed by atoms with Crippen molar-refractivity contribution in [3.05, 3.63) is 64.2 Å². The molecular formula is C17H14N2O8S. The highest BCUT2D eigenvalue weighted by Gasteiger charge is 2.31. The number of ether oxygens (including phenoxy) is 2. The van der Waals surface area contributed by atoms with Crippen LogP contribution in [0, 0.1) is 10.1 Å². The van der Waals surface area contributed by atoms with Crippen LogP contribution < -0.4 is 4.72 Å². The number of nitrogens with zero attached hydrogens (tertiary/aromatic N) is 1. The average molecular weight is 406 g/mol. The summed E-state index contributed by atoms with van der Waals surface area (Å²) in [4.78, 5) is 33.6. The molecule has 0 unspecified atom stereocenters. The number of para-hydroxylation sites is 1. The molecule has 11 heteroatoms. The smallest absolute Gasteiger partial charge is 0.347 e. The summed E-state index contributed by atoms with van der Waals surface area (Å²) < 4.78 is 37.2. The fourth-order valence-corrected chi connectivity index (χ4v) is 3.61. The highest BCUT2D eigenvalue weighted by molar-refractivity contribution is 7.92. The first-order valence-electron chi connectivity index (χ1n) is 8.02. The SMILES string of the molecule is O=C(O[C@H]1CCOC1=O)c1ccccc1NS(=O)(=O)c1cccc([N+](=O)[O-])c1. The number of nitro benzene ring substituents is 1. The lowest BCUT2D eigenvalue weighted by Crippen LogP contribution is -2.24. The van der Waals surface area contributed by atoms with Crippen LogP contribution in [-0.2, 0) is 24.3 Å². The van der Waals surface area contributed by atoms with Gasteiger partial charge in [0.05, 0.1) is 27.7 Å². The number of anilines is 1. The molecule has 0 spiro atoms. The Morgan fingerprint density at radius 1 is 1.21 bits per heavy atom. The second kappa shape index (κ2) is 7.64. The molecule has 0 amide bonds. The standard InChI is InChI=1S/C17H14N2O8S/c20-16(27-15-8-9-26-17(15)21)13-6-1-2-7-14(13)18-28(24,25)12-5-3-4-11(10-12)19(22)23/h1-7,10,15,18H,8-9H2/t15-/m0/s1. The Kier molecular flexibility index (Phi) is 5.27. The molecule has 3 rings (SSSR count). The lowest BCUT2D eigenvalue weighted by Gasteiger charge is -2.13. The maximum atomic E-state index is 12.6. The molecule has 0 bridgehead atoms. The number of hydrogen-bond acceptors (Lipinski definition) is 8. The van der Waals surface area contributed by atoms with Gasteiger partial charge in [-0.05, 0) is 18.2 Å². The Bertz CT molecular complexity index is 1050. The monoisotopic (exact) mass is 406 g/mol. The second-order valence-corrected chi connectivity index (χ2v) is 7.44. The predicted molar refractivity (Wildman–Crippen MR) is 95.1 cm³/mol. The van der Waals surface area contributed by atoms with Crippen molar-refractivity contribution in [3.8, 4) is 0 Å². The molecule has 0 radical (unpaired) electrons. The molecule has 1 fully saturated rings. The zero-order valence-electron chi connectivity index (χ0n) is 14.2. The van der Waals surface area contributed by atoms with Gasteiger partial charge >= 0.3 is 11.9 Å². The molecule has 1 atom stereocenters. The van der Waals surface area contributed by atoms with Crippen molar-refractivity contribution in [1.29, 1.82) is 0 Å². The van der Waals surface area contributed by atoms with E-state index in [1.807, 2.05) is 0 Å². The molecule has 10 nitrogen and oxygen atoms in total. The summed E-state index contributed by atoms with van der Waals surface area (Å²) in [5, 5.41) is 10.9. The van der Waals surface area contributed by atoms with E-state index in [1.165, 1.54) is 36.4 Å². The summed E-state index contributed by atoms with van der Waals surface area (Å²) in [6.45, 7) is 0.137. The van der Waals surface area contributed by atoms with Gasteiger partial charge in [-0.2, -0.15) is 0 Å². The Morgan fingerprint density at radius 3 is 2.64 bits per heavy atom. The molecule has 2 aromatic rings. The first-order chi connectivity index (χ1) is 13.3. The molecule has 1 N–H and O–H groups in total. The predicted octanol–water partition coefficient (Wildman–Crippen LogP) is 1.87. The summed E-state index contributed by atoms with van der Waals surface area (Å²) in [5.74, 6) is -1.57. The van der Waals surface area contributed by atoms with Crippen molar-refractivity contribution in [3.63, 3.8) is 0 Å². The van der Waals surface area contributed by atoms with Crippen molar-refractivity contribution >= 4 is 33.3 Å². The highest BCUT2D eigenvalue weighted by atomic mass is 32.2. The largest absolute Gasteiger partial charge is 0.463 e. The molecule has 0 aliphatic carbocycles. The first-order valence-corrected chi connectivity index (χ1v) is 9.50. The van der Waals surface area contributed by atoms with E-state index in [4.69, 9.17) is 9.47 Å². The van der Waals surface area contributed by atoms with Crippen LogP contribution in [0.1, 0.15) is 16.8 Å². The van der Waals surface area contributed by atoms with Crippen molar-refractivity contribution in [2.45, 2.75) is 17.4 Å². The second-order valence-electron chi connectivity index (χ2n) is 5.76. The van der Waals surface area contributed by atoms with Crippen molar-refractivity contribution in [1.82, 2.24) is 0 Å². The molecule has 1 aliphatic rings.